The number of piperazine rings is 1. The van der Waals surface area contributed by atoms with Crippen LogP contribution in [0, 0.1) is 0 Å². The van der Waals surface area contributed by atoms with Crippen LogP contribution in [0.15, 0.2) is 23.1 Å². The molecule has 140 valence electrons. The minimum Gasteiger partial charge on any atom is -0.493 e. The van der Waals surface area contributed by atoms with Gasteiger partial charge in [-0.25, -0.2) is 8.42 Å². The van der Waals surface area contributed by atoms with Gasteiger partial charge in [0.1, 0.15) is 0 Å². The Morgan fingerprint density at radius 1 is 1.16 bits per heavy atom. The number of carbonyl (C=O) groups excluding carboxylic acids is 1. The zero-order valence-corrected chi connectivity index (χ0v) is 15.9. The Balaban J connectivity index is 2.05. The van der Waals surface area contributed by atoms with Gasteiger partial charge in [-0.1, -0.05) is 0 Å². The van der Waals surface area contributed by atoms with Crippen LogP contribution in [0.1, 0.15) is 20.3 Å². The standard InChI is InChI=1S/C17H26N2O5S/c1-12-10-19(11-13(2)18-12)17(20)7-8-25(21,22)14-5-6-15(23-3)16(9-14)24-4/h5-6,9,12-13,18H,7-8,10-11H2,1-4H3/t12-,13+. The fraction of sp³-hybridized carbons (Fsp3) is 0.588. The molecule has 7 nitrogen and oxygen atoms in total. The van der Waals surface area contributed by atoms with E-state index in [1.54, 1.807) is 11.0 Å². The van der Waals surface area contributed by atoms with E-state index in [9.17, 15) is 13.2 Å². The van der Waals surface area contributed by atoms with Crippen LogP contribution in [0.4, 0.5) is 0 Å². The number of methoxy groups -OCH3 is 2. The lowest BCUT2D eigenvalue weighted by atomic mass is 10.1. The van der Waals surface area contributed by atoms with E-state index < -0.39 is 9.84 Å². The van der Waals surface area contributed by atoms with E-state index >= 15 is 0 Å². The average molecular weight is 370 g/mol. The third-order valence-electron chi connectivity index (χ3n) is 4.21. The molecular weight excluding hydrogens is 344 g/mol. The van der Waals surface area contributed by atoms with Crippen molar-refractivity contribution in [2.24, 2.45) is 0 Å². The fourth-order valence-electron chi connectivity index (χ4n) is 3.04. The Labute approximate surface area is 149 Å². The summed E-state index contributed by atoms with van der Waals surface area (Å²) in [5.41, 5.74) is 0. The lowest BCUT2D eigenvalue weighted by molar-refractivity contribution is -0.132. The molecule has 0 unspecified atom stereocenters. The van der Waals surface area contributed by atoms with Gasteiger partial charge in [0.05, 0.1) is 24.9 Å². The fourth-order valence-corrected chi connectivity index (χ4v) is 4.28. The maximum absolute atomic E-state index is 12.5. The molecule has 0 aromatic heterocycles. The molecule has 2 rings (SSSR count). The smallest absolute Gasteiger partial charge is 0.223 e. The first kappa shape index (κ1) is 19.5. The highest BCUT2D eigenvalue weighted by molar-refractivity contribution is 7.91. The third kappa shape index (κ3) is 4.85. The van der Waals surface area contributed by atoms with E-state index in [0.29, 0.717) is 24.6 Å². The Hall–Kier alpha value is -1.80. The number of benzene rings is 1. The molecule has 1 aromatic rings. The van der Waals surface area contributed by atoms with E-state index in [-0.39, 0.29) is 35.1 Å². The number of rotatable bonds is 6. The number of nitrogens with zero attached hydrogens (tertiary/aromatic N) is 1. The first-order valence-electron chi connectivity index (χ1n) is 8.25. The number of carbonyl (C=O) groups is 1. The predicted molar refractivity (Wildman–Crippen MR) is 94.9 cm³/mol. The molecule has 1 heterocycles. The van der Waals surface area contributed by atoms with Gasteiger partial charge < -0.3 is 19.7 Å². The lowest BCUT2D eigenvalue weighted by Gasteiger charge is -2.36. The maximum atomic E-state index is 12.5. The molecule has 25 heavy (non-hydrogen) atoms. The normalized spacial score (nSPS) is 21.0. The van der Waals surface area contributed by atoms with Crippen molar-refractivity contribution in [3.05, 3.63) is 18.2 Å². The molecule has 8 heteroatoms. The van der Waals surface area contributed by atoms with Crippen LogP contribution in [0.2, 0.25) is 0 Å². The van der Waals surface area contributed by atoms with Gasteiger partial charge in [0, 0.05) is 37.7 Å². The average Bonchev–Trinajstić information content (AvgIpc) is 2.58. The monoisotopic (exact) mass is 370 g/mol. The van der Waals surface area contributed by atoms with Crippen molar-refractivity contribution in [2.45, 2.75) is 37.2 Å². The largest absolute Gasteiger partial charge is 0.493 e. The Bertz CT molecular complexity index is 710. The van der Waals surface area contributed by atoms with Gasteiger partial charge in [0.15, 0.2) is 21.3 Å². The van der Waals surface area contributed by atoms with Crippen LogP contribution >= 0.6 is 0 Å². The Morgan fingerprint density at radius 3 is 2.32 bits per heavy atom. The molecule has 1 saturated heterocycles. The number of amides is 1. The molecular formula is C17H26N2O5S. The Kier molecular flexibility index (Phi) is 6.29. The summed E-state index contributed by atoms with van der Waals surface area (Å²) in [6.45, 7) is 5.21. The molecule has 1 aromatic carbocycles. The number of hydrogen-bond acceptors (Lipinski definition) is 6. The lowest BCUT2D eigenvalue weighted by Crippen LogP contribution is -2.56. The van der Waals surface area contributed by atoms with Gasteiger partial charge in [-0.05, 0) is 26.0 Å². The van der Waals surface area contributed by atoms with Gasteiger partial charge in [-0.2, -0.15) is 0 Å². The summed E-state index contributed by atoms with van der Waals surface area (Å²) in [5.74, 6) is 0.443. The van der Waals surface area contributed by atoms with Crippen molar-refractivity contribution < 1.29 is 22.7 Å². The van der Waals surface area contributed by atoms with Gasteiger partial charge in [0.2, 0.25) is 5.91 Å². The van der Waals surface area contributed by atoms with E-state index in [4.69, 9.17) is 9.47 Å². The highest BCUT2D eigenvalue weighted by Crippen LogP contribution is 2.30. The number of sulfone groups is 1. The van der Waals surface area contributed by atoms with E-state index in [2.05, 4.69) is 5.32 Å². The molecule has 0 aliphatic carbocycles. The molecule has 1 aliphatic rings. The third-order valence-corrected chi connectivity index (χ3v) is 5.92. The number of hydrogen-bond donors (Lipinski definition) is 1. The van der Waals surface area contributed by atoms with Crippen molar-refractivity contribution in [3.63, 3.8) is 0 Å². The van der Waals surface area contributed by atoms with Gasteiger partial charge in [-0.15, -0.1) is 0 Å². The second-order valence-electron chi connectivity index (χ2n) is 6.35. The van der Waals surface area contributed by atoms with Gasteiger partial charge in [-0.3, -0.25) is 4.79 Å². The molecule has 0 bridgehead atoms. The van der Waals surface area contributed by atoms with Gasteiger partial charge >= 0.3 is 0 Å². The zero-order valence-electron chi connectivity index (χ0n) is 15.1. The van der Waals surface area contributed by atoms with Crippen molar-refractivity contribution in [3.8, 4) is 11.5 Å². The number of ether oxygens (including phenoxy) is 2. The van der Waals surface area contributed by atoms with Crippen LogP contribution in [-0.2, 0) is 14.6 Å². The molecule has 1 aliphatic heterocycles. The predicted octanol–water partition coefficient (Wildman–Crippen LogP) is 1.08. The summed E-state index contributed by atoms with van der Waals surface area (Å²) in [4.78, 5) is 14.2. The minimum absolute atomic E-state index is 0.0316. The first-order chi connectivity index (χ1) is 11.8. The molecule has 1 N–H and O–H groups in total. The summed E-state index contributed by atoms with van der Waals surface area (Å²) in [7, 11) is -0.642. The molecule has 2 atom stereocenters. The Morgan fingerprint density at radius 2 is 1.76 bits per heavy atom. The van der Waals surface area contributed by atoms with Crippen molar-refractivity contribution in [1.29, 1.82) is 0 Å². The van der Waals surface area contributed by atoms with Crippen molar-refractivity contribution in [2.75, 3.05) is 33.1 Å². The van der Waals surface area contributed by atoms with E-state index in [1.807, 2.05) is 13.8 Å². The zero-order chi connectivity index (χ0) is 18.6. The summed E-state index contributed by atoms with van der Waals surface area (Å²) in [6.07, 6.45) is -0.0316. The van der Waals surface area contributed by atoms with Crippen LogP contribution in [0.5, 0.6) is 11.5 Å². The summed E-state index contributed by atoms with van der Waals surface area (Å²) in [6, 6.07) is 4.85. The summed E-state index contributed by atoms with van der Waals surface area (Å²) >= 11 is 0. The maximum Gasteiger partial charge on any atom is 0.223 e. The molecule has 0 saturated carbocycles. The molecule has 0 radical (unpaired) electrons. The summed E-state index contributed by atoms with van der Waals surface area (Å²) < 4.78 is 35.3. The van der Waals surface area contributed by atoms with Crippen molar-refractivity contribution >= 4 is 15.7 Å². The topological polar surface area (TPSA) is 84.9 Å². The first-order valence-corrected chi connectivity index (χ1v) is 9.90. The molecule has 1 amide bonds. The van der Waals surface area contributed by atoms with E-state index in [1.165, 1.54) is 26.4 Å². The number of nitrogens with one attached hydrogen (secondary N) is 1. The van der Waals surface area contributed by atoms with Crippen LogP contribution in [-0.4, -0.2) is 64.4 Å². The second kappa shape index (κ2) is 8.05. The highest BCUT2D eigenvalue weighted by atomic mass is 32.2. The second-order valence-corrected chi connectivity index (χ2v) is 8.46. The van der Waals surface area contributed by atoms with Crippen LogP contribution < -0.4 is 14.8 Å². The van der Waals surface area contributed by atoms with Gasteiger partial charge in [0.25, 0.3) is 0 Å². The van der Waals surface area contributed by atoms with E-state index in [0.717, 1.165) is 0 Å². The van der Waals surface area contributed by atoms with Crippen LogP contribution in [0.3, 0.4) is 0 Å². The quantitative estimate of drug-likeness (QED) is 0.806. The molecule has 1 fully saturated rings. The minimum atomic E-state index is -3.58. The van der Waals surface area contributed by atoms with Crippen molar-refractivity contribution in [1.82, 2.24) is 10.2 Å². The highest BCUT2D eigenvalue weighted by Gasteiger charge is 2.26. The summed E-state index contributed by atoms with van der Waals surface area (Å²) in [5, 5.41) is 3.35. The van der Waals surface area contributed by atoms with Crippen LogP contribution in [0.25, 0.3) is 0 Å². The SMILES string of the molecule is COc1ccc(S(=O)(=O)CCC(=O)N2C[C@@H](C)N[C@@H](C)C2)cc1OC. The molecule has 0 spiro atoms.